The summed E-state index contributed by atoms with van der Waals surface area (Å²) in [5.41, 5.74) is 4.28. The normalized spacial score (nSPS) is 11.7. The largest absolute Gasteiger partial charge is 0.497 e. The van der Waals surface area contributed by atoms with Gasteiger partial charge in [-0.3, -0.25) is 14.6 Å². The minimum absolute atomic E-state index is 0.00177. The average Bonchev–Trinajstić information content (AvgIpc) is 3.24. The summed E-state index contributed by atoms with van der Waals surface area (Å²) in [6, 6.07) is 16.9. The molecule has 0 bridgehead atoms. The number of nitrogens with one attached hydrogen (secondary N) is 2. The van der Waals surface area contributed by atoms with Crippen molar-refractivity contribution in [2.75, 3.05) is 24.3 Å². The van der Waals surface area contributed by atoms with Crippen molar-refractivity contribution in [1.29, 1.82) is 0 Å². The number of anilines is 3. The van der Waals surface area contributed by atoms with E-state index in [0.29, 0.717) is 28.5 Å². The fraction of sp³-hybridized carbons (Fsp3) is 0.231. The van der Waals surface area contributed by atoms with Crippen molar-refractivity contribution in [3.05, 3.63) is 72.1 Å². The number of hydrogen-bond donors (Lipinski definition) is 3. The Morgan fingerprint density at radius 2 is 1.97 bits per heavy atom. The van der Waals surface area contributed by atoms with Crippen LogP contribution in [-0.2, 0) is 16.0 Å². The number of aromatic nitrogens is 2. The number of carboxylic acid groups (broad SMARTS) is 1. The number of aliphatic carboxylic acids is 1. The SMILES string of the molecule is COc1cccc(Nc2nc3ccc(CC(=O)CNc4ccc(C(C)CC(=O)O)nc4)cc3o2)c1. The molecular formula is C26H26N4O5. The third-order valence-corrected chi connectivity index (χ3v) is 5.44. The fourth-order valence-electron chi connectivity index (χ4n) is 3.62. The Morgan fingerprint density at radius 3 is 2.71 bits per heavy atom. The standard InChI is InChI=1S/C26H26N4O5/c1-16(10-25(32)33)22-9-7-19(14-28-22)27-15-20(31)11-17-6-8-23-24(12-17)35-26(30-23)29-18-4-3-5-21(13-18)34-2/h3-9,12-14,16,27H,10-11,15H2,1-2H3,(H,29,30)(H,32,33). The Bertz CT molecular complexity index is 1330. The molecule has 1 unspecified atom stereocenters. The Hall–Kier alpha value is -4.40. The first-order valence-electron chi connectivity index (χ1n) is 11.1. The molecule has 1 atom stereocenters. The number of Topliss-reactive ketones (excluding diaryl/α,β-unsaturated/α-hetero) is 1. The van der Waals surface area contributed by atoms with Gasteiger partial charge in [-0.25, -0.2) is 0 Å². The molecule has 0 spiro atoms. The molecule has 0 fully saturated rings. The van der Waals surface area contributed by atoms with Gasteiger partial charge in [0.25, 0.3) is 6.01 Å². The smallest absolute Gasteiger partial charge is 0.304 e. The Labute approximate surface area is 202 Å². The molecule has 3 N–H and O–H groups in total. The molecule has 4 rings (SSSR count). The molecule has 9 heteroatoms. The van der Waals surface area contributed by atoms with Crippen molar-refractivity contribution in [1.82, 2.24) is 9.97 Å². The van der Waals surface area contributed by atoms with Gasteiger partial charge in [0.2, 0.25) is 0 Å². The lowest BCUT2D eigenvalue weighted by atomic mass is 10.0. The molecule has 0 aliphatic rings. The number of fused-ring (bicyclic) bond motifs is 1. The zero-order valence-corrected chi connectivity index (χ0v) is 19.4. The summed E-state index contributed by atoms with van der Waals surface area (Å²) in [7, 11) is 1.61. The molecule has 2 aromatic carbocycles. The maximum Gasteiger partial charge on any atom is 0.304 e. The van der Waals surface area contributed by atoms with Gasteiger partial charge in [-0.05, 0) is 42.0 Å². The van der Waals surface area contributed by atoms with Gasteiger partial charge in [-0.1, -0.05) is 19.1 Å². The van der Waals surface area contributed by atoms with Crippen LogP contribution in [0.15, 0.2) is 65.2 Å². The van der Waals surface area contributed by atoms with E-state index in [4.69, 9.17) is 14.3 Å². The zero-order valence-electron chi connectivity index (χ0n) is 19.4. The molecule has 35 heavy (non-hydrogen) atoms. The summed E-state index contributed by atoms with van der Waals surface area (Å²) >= 11 is 0. The van der Waals surface area contributed by atoms with E-state index >= 15 is 0 Å². The number of hydrogen-bond acceptors (Lipinski definition) is 8. The number of ketones is 1. The summed E-state index contributed by atoms with van der Waals surface area (Å²) in [6.45, 7) is 1.96. The minimum Gasteiger partial charge on any atom is -0.497 e. The second-order valence-corrected chi connectivity index (χ2v) is 8.22. The van der Waals surface area contributed by atoms with Crippen LogP contribution in [0.4, 0.5) is 17.4 Å². The van der Waals surface area contributed by atoms with Crippen LogP contribution in [0.1, 0.15) is 30.5 Å². The Morgan fingerprint density at radius 1 is 1.11 bits per heavy atom. The van der Waals surface area contributed by atoms with Crippen LogP contribution in [0, 0.1) is 0 Å². The van der Waals surface area contributed by atoms with Crippen LogP contribution in [0.25, 0.3) is 11.1 Å². The summed E-state index contributed by atoms with van der Waals surface area (Å²) in [5, 5.41) is 15.1. The predicted molar refractivity (Wildman–Crippen MR) is 132 cm³/mol. The number of carboxylic acids is 1. The van der Waals surface area contributed by atoms with E-state index in [9.17, 15) is 9.59 Å². The first-order chi connectivity index (χ1) is 16.9. The highest BCUT2D eigenvalue weighted by atomic mass is 16.5. The van der Waals surface area contributed by atoms with Gasteiger partial charge in [0.1, 0.15) is 11.3 Å². The van der Waals surface area contributed by atoms with Crippen LogP contribution in [0.2, 0.25) is 0 Å². The topological polar surface area (TPSA) is 127 Å². The van der Waals surface area contributed by atoms with E-state index < -0.39 is 5.97 Å². The second kappa shape index (κ2) is 10.7. The lowest BCUT2D eigenvalue weighted by molar-refractivity contribution is -0.137. The number of nitrogens with zero attached hydrogens (tertiary/aromatic N) is 2. The number of rotatable bonds is 11. The maximum absolute atomic E-state index is 12.5. The third-order valence-electron chi connectivity index (χ3n) is 5.44. The molecule has 4 aromatic rings. The number of carbonyl (C=O) groups excluding carboxylic acids is 1. The molecular weight excluding hydrogens is 448 g/mol. The summed E-state index contributed by atoms with van der Waals surface area (Å²) in [5.74, 6) is -0.317. The molecule has 180 valence electrons. The maximum atomic E-state index is 12.5. The van der Waals surface area contributed by atoms with Crippen LogP contribution >= 0.6 is 0 Å². The highest BCUT2D eigenvalue weighted by Crippen LogP contribution is 2.25. The van der Waals surface area contributed by atoms with Crippen LogP contribution in [0.3, 0.4) is 0 Å². The lowest BCUT2D eigenvalue weighted by Gasteiger charge is -2.10. The van der Waals surface area contributed by atoms with Crippen LogP contribution in [0.5, 0.6) is 5.75 Å². The Kier molecular flexibility index (Phi) is 7.25. The van der Waals surface area contributed by atoms with Gasteiger partial charge in [0.15, 0.2) is 11.4 Å². The molecule has 0 saturated heterocycles. The molecule has 0 aliphatic carbocycles. The van der Waals surface area contributed by atoms with Crippen molar-refractivity contribution in [2.24, 2.45) is 0 Å². The van der Waals surface area contributed by atoms with Crippen molar-refractivity contribution >= 4 is 40.2 Å². The molecule has 2 heterocycles. The molecule has 2 aromatic heterocycles. The molecule has 0 saturated carbocycles. The summed E-state index contributed by atoms with van der Waals surface area (Å²) in [4.78, 5) is 32.1. The van der Waals surface area contributed by atoms with Crippen LogP contribution in [-0.4, -0.2) is 40.5 Å². The summed E-state index contributed by atoms with van der Waals surface area (Å²) < 4.78 is 11.0. The predicted octanol–water partition coefficient (Wildman–Crippen LogP) is 4.78. The minimum atomic E-state index is -0.861. The van der Waals surface area contributed by atoms with Gasteiger partial charge in [0, 0.05) is 29.8 Å². The van der Waals surface area contributed by atoms with E-state index in [1.54, 1.807) is 25.4 Å². The van der Waals surface area contributed by atoms with Crippen molar-refractivity contribution in [3.63, 3.8) is 0 Å². The van der Waals surface area contributed by atoms with E-state index in [0.717, 1.165) is 17.0 Å². The number of methoxy groups -OCH3 is 1. The number of oxazole rings is 1. The monoisotopic (exact) mass is 474 g/mol. The van der Waals surface area contributed by atoms with Gasteiger partial charge in [-0.15, -0.1) is 0 Å². The van der Waals surface area contributed by atoms with E-state index in [1.807, 2.05) is 49.4 Å². The number of carbonyl (C=O) groups is 2. The summed E-state index contributed by atoms with van der Waals surface area (Å²) in [6.07, 6.45) is 1.87. The highest BCUT2D eigenvalue weighted by Gasteiger charge is 2.12. The van der Waals surface area contributed by atoms with E-state index in [-0.39, 0.29) is 31.1 Å². The quantitative estimate of drug-likeness (QED) is 0.281. The number of pyridine rings is 1. The first-order valence-corrected chi connectivity index (χ1v) is 11.1. The van der Waals surface area contributed by atoms with Gasteiger partial charge in [0.05, 0.1) is 32.0 Å². The third kappa shape index (κ3) is 6.35. The van der Waals surface area contributed by atoms with Crippen LogP contribution < -0.4 is 15.4 Å². The zero-order chi connectivity index (χ0) is 24.8. The van der Waals surface area contributed by atoms with Crippen molar-refractivity contribution in [3.8, 4) is 5.75 Å². The number of benzene rings is 2. The molecule has 0 aliphatic heterocycles. The lowest BCUT2D eigenvalue weighted by Crippen LogP contribution is -2.16. The van der Waals surface area contributed by atoms with Gasteiger partial charge >= 0.3 is 5.97 Å². The Balaban J connectivity index is 1.33. The second-order valence-electron chi connectivity index (χ2n) is 8.22. The highest BCUT2D eigenvalue weighted by molar-refractivity contribution is 5.86. The molecule has 0 amide bonds. The first kappa shape index (κ1) is 23.7. The van der Waals surface area contributed by atoms with Gasteiger partial charge < -0.3 is 24.9 Å². The van der Waals surface area contributed by atoms with Crippen molar-refractivity contribution < 1.29 is 23.8 Å². The molecule has 9 nitrogen and oxygen atoms in total. The van der Waals surface area contributed by atoms with E-state index in [2.05, 4.69) is 20.6 Å². The molecule has 0 radical (unpaired) electrons. The number of ether oxygens (including phenoxy) is 1. The fourth-order valence-corrected chi connectivity index (χ4v) is 3.62. The van der Waals surface area contributed by atoms with Gasteiger partial charge in [-0.2, -0.15) is 4.98 Å². The average molecular weight is 475 g/mol. The van der Waals surface area contributed by atoms with Crippen molar-refractivity contribution in [2.45, 2.75) is 25.7 Å². The van der Waals surface area contributed by atoms with E-state index in [1.165, 1.54) is 0 Å².